The van der Waals surface area contributed by atoms with Crippen LogP contribution in [0.2, 0.25) is 0 Å². The number of nitrogens with zero attached hydrogens (tertiary/aromatic N) is 2. The van der Waals surface area contributed by atoms with Crippen molar-refractivity contribution in [2.75, 3.05) is 7.11 Å². The number of imidazole rings is 1. The Morgan fingerprint density at radius 2 is 2.09 bits per heavy atom. The van der Waals surface area contributed by atoms with E-state index in [1.54, 1.807) is 24.7 Å². The van der Waals surface area contributed by atoms with Crippen LogP contribution in [0.25, 0.3) is 0 Å². The second-order valence-electron chi connectivity index (χ2n) is 6.26. The molecule has 5 nitrogen and oxygen atoms in total. The van der Waals surface area contributed by atoms with Crippen molar-refractivity contribution in [1.82, 2.24) is 14.3 Å². The van der Waals surface area contributed by atoms with Crippen molar-refractivity contribution >= 4 is 11.4 Å². The lowest BCUT2D eigenvalue weighted by Gasteiger charge is -2.28. The largest absolute Gasteiger partial charge is 0.598 e. The molecule has 0 unspecified atom stereocenters. The van der Waals surface area contributed by atoms with Crippen LogP contribution in [0.5, 0.6) is 5.75 Å². The third kappa shape index (κ3) is 4.04. The predicted molar refractivity (Wildman–Crippen MR) is 89.0 cm³/mol. The zero-order chi connectivity index (χ0) is 17.2. The summed E-state index contributed by atoms with van der Waals surface area (Å²) in [4.78, 5) is 4.10. The molecule has 0 fully saturated rings. The fourth-order valence-electron chi connectivity index (χ4n) is 2.09. The molecule has 0 aliphatic rings. The molecule has 0 bridgehead atoms. The van der Waals surface area contributed by atoms with Gasteiger partial charge in [-0.2, -0.15) is 0 Å². The van der Waals surface area contributed by atoms with Crippen molar-refractivity contribution in [3.05, 3.63) is 47.8 Å². The monoisotopic (exact) mass is 339 g/mol. The Labute approximate surface area is 139 Å². The Kier molecular flexibility index (Phi) is 5.33. The highest BCUT2D eigenvalue weighted by Gasteiger charge is 2.32. The van der Waals surface area contributed by atoms with Gasteiger partial charge in [-0.3, -0.25) is 0 Å². The lowest BCUT2D eigenvalue weighted by atomic mass is 10.0. The lowest BCUT2D eigenvalue weighted by molar-refractivity contribution is 0.386. The van der Waals surface area contributed by atoms with E-state index in [0.717, 1.165) is 5.69 Å². The van der Waals surface area contributed by atoms with Crippen LogP contribution in [0.15, 0.2) is 30.7 Å². The molecule has 126 valence electrons. The van der Waals surface area contributed by atoms with E-state index in [4.69, 9.17) is 4.74 Å². The van der Waals surface area contributed by atoms with E-state index in [0.29, 0.717) is 5.56 Å². The Balaban J connectivity index is 2.42. The number of nitrogens with one attached hydrogen (secondary N) is 1. The van der Waals surface area contributed by atoms with Gasteiger partial charge in [-0.05, 0) is 38.5 Å². The van der Waals surface area contributed by atoms with Gasteiger partial charge < -0.3 is 13.9 Å². The van der Waals surface area contributed by atoms with Crippen LogP contribution in [-0.4, -0.2) is 26.0 Å². The van der Waals surface area contributed by atoms with E-state index in [2.05, 4.69) is 9.71 Å². The maximum Gasteiger partial charge on any atom is 0.165 e. The number of methoxy groups -OCH3 is 1. The highest BCUT2D eigenvalue weighted by Crippen LogP contribution is 2.28. The summed E-state index contributed by atoms with van der Waals surface area (Å²) < 4.78 is 36.0. The smallest absolute Gasteiger partial charge is 0.165 e. The summed E-state index contributed by atoms with van der Waals surface area (Å²) in [5.74, 6) is -0.282. The normalized spacial score (nSPS) is 14.6. The minimum Gasteiger partial charge on any atom is -0.598 e. The van der Waals surface area contributed by atoms with Crippen molar-refractivity contribution in [3.63, 3.8) is 0 Å². The summed E-state index contributed by atoms with van der Waals surface area (Å²) in [6.45, 7) is 5.64. The fraction of sp³-hybridized carbons (Fsp3) is 0.438. The molecule has 0 radical (unpaired) electrons. The number of hydrogen-bond acceptors (Lipinski definition) is 4. The maximum absolute atomic E-state index is 14.1. The van der Waals surface area contributed by atoms with E-state index in [-0.39, 0.29) is 5.75 Å². The first-order valence-corrected chi connectivity index (χ1v) is 8.36. The van der Waals surface area contributed by atoms with Gasteiger partial charge in [0.25, 0.3) is 0 Å². The van der Waals surface area contributed by atoms with Gasteiger partial charge in [-0.1, -0.05) is 6.07 Å². The van der Waals surface area contributed by atoms with Gasteiger partial charge >= 0.3 is 0 Å². The Bertz CT molecular complexity index is 670. The molecule has 0 amide bonds. The molecule has 7 heteroatoms. The van der Waals surface area contributed by atoms with Crippen LogP contribution in [0, 0.1) is 5.82 Å². The lowest BCUT2D eigenvalue weighted by Crippen LogP contribution is -2.42. The molecule has 2 aromatic rings. The summed E-state index contributed by atoms with van der Waals surface area (Å²) in [5, 5.41) is 0. The maximum atomic E-state index is 14.1. The zero-order valence-electron chi connectivity index (χ0n) is 14.0. The molecular formula is C16H22FN3O2S. The number of benzene rings is 1. The third-order valence-corrected chi connectivity index (χ3v) is 5.00. The Morgan fingerprint density at radius 1 is 1.39 bits per heavy atom. The summed E-state index contributed by atoms with van der Waals surface area (Å²) >= 11 is -1.32. The fourth-order valence-corrected chi connectivity index (χ4v) is 2.92. The molecule has 1 aromatic heterocycles. The van der Waals surface area contributed by atoms with E-state index < -0.39 is 28.0 Å². The number of rotatable bonds is 5. The second-order valence-corrected chi connectivity index (χ2v) is 8.25. The standard InChI is InChI=1S/C16H22FN3O2S/c1-16(2,3)23(21)19-15(13-9-18-10-20(13)4)11-6-7-14(22-5)12(17)8-11/h6-10,15,19H,1-5H3/t15-,23+/m0/s1. The molecule has 0 aliphatic carbocycles. The first-order valence-electron chi connectivity index (χ1n) is 7.21. The van der Waals surface area contributed by atoms with Gasteiger partial charge in [0.2, 0.25) is 0 Å². The molecule has 0 saturated heterocycles. The van der Waals surface area contributed by atoms with Gasteiger partial charge in [-0.25, -0.2) is 9.37 Å². The molecule has 0 aliphatic heterocycles. The van der Waals surface area contributed by atoms with E-state index in [1.165, 1.54) is 13.2 Å². The molecule has 1 N–H and O–H groups in total. The molecule has 1 heterocycles. The van der Waals surface area contributed by atoms with Crippen LogP contribution in [0.4, 0.5) is 4.39 Å². The van der Waals surface area contributed by atoms with Crippen LogP contribution in [-0.2, 0) is 18.4 Å². The number of aromatic nitrogens is 2. The summed E-state index contributed by atoms with van der Waals surface area (Å²) in [7, 11) is 3.26. The first-order chi connectivity index (χ1) is 10.7. The van der Waals surface area contributed by atoms with Crippen LogP contribution in [0.1, 0.15) is 38.1 Å². The minimum atomic E-state index is -1.32. The second kappa shape index (κ2) is 6.90. The molecule has 0 spiro atoms. The van der Waals surface area contributed by atoms with E-state index >= 15 is 0 Å². The Morgan fingerprint density at radius 3 is 2.57 bits per heavy atom. The van der Waals surface area contributed by atoms with Crippen molar-refractivity contribution in [2.24, 2.45) is 7.05 Å². The topological polar surface area (TPSA) is 62.1 Å². The van der Waals surface area contributed by atoms with Gasteiger partial charge in [0.05, 0.1) is 25.3 Å². The molecular weight excluding hydrogens is 317 g/mol. The van der Waals surface area contributed by atoms with Gasteiger partial charge in [0.15, 0.2) is 11.6 Å². The molecule has 2 atom stereocenters. The van der Waals surface area contributed by atoms with E-state index in [9.17, 15) is 8.94 Å². The highest BCUT2D eigenvalue weighted by molar-refractivity contribution is 7.90. The average molecular weight is 339 g/mol. The summed E-state index contributed by atoms with van der Waals surface area (Å²) in [6, 6.07) is 4.27. The van der Waals surface area contributed by atoms with Gasteiger partial charge in [0.1, 0.15) is 10.8 Å². The van der Waals surface area contributed by atoms with Crippen LogP contribution < -0.4 is 9.46 Å². The van der Waals surface area contributed by atoms with Crippen molar-refractivity contribution in [2.45, 2.75) is 31.6 Å². The molecule has 0 saturated carbocycles. The van der Waals surface area contributed by atoms with Crippen molar-refractivity contribution in [3.8, 4) is 5.75 Å². The average Bonchev–Trinajstić information content (AvgIpc) is 2.89. The van der Waals surface area contributed by atoms with Crippen molar-refractivity contribution < 1.29 is 13.7 Å². The van der Waals surface area contributed by atoms with Crippen molar-refractivity contribution in [1.29, 1.82) is 0 Å². The third-order valence-electron chi connectivity index (χ3n) is 3.44. The van der Waals surface area contributed by atoms with Gasteiger partial charge in [0, 0.05) is 18.4 Å². The predicted octanol–water partition coefficient (Wildman–Crippen LogP) is 2.71. The van der Waals surface area contributed by atoms with Crippen LogP contribution in [0.3, 0.4) is 0 Å². The molecule has 23 heavy (non-hydrogen) atoms. The van der Waals surface area contributed by atoms with Crippen LogP contribution >= 0.6 is 0 Å². The number of halogens is 1. The molecule has 1 aromatic carbocycles. The minimum absolute atomic E-state index is 0.175. The number of aryl methyl sites for hydroxylation is 1. The SMILES string of the molecule is COc1ccc([C@H](N[S@+]([O-])C(C)(C)C)c2cncn2C)cc1F. The summed E-state index contributed by atoms with van der Waals surface area (Å²) in [6.07, 6.45) is 3.34. The summed E-state index contributed by atoms with van der Waals surface area (Å²) in [5.41, 5.74) is 1.46. The molecule has 2 rings (SSSR count). The zero-order valence-corrected chi connectivity index (χ0v) is 14.8. The quantitative estimate of drug-likeness (QED) is 0.851. The van der Waals surface area contributed by atoms with Gasteiger partial charge in [-0.15, -0.1) is 4.72 Å². The Hall–Kier alpha value is -1.57. The number of hydrogen-bond donors (Lipinski definition) is 1. The van der Waals surface area contributed by atoms with E-state index in [1.807, 2.05) is 32.4 Å². The highest BCUT2D eigenvalue weighted by atomic mass is 32.2. The number of ether oxygens (including phenoxy) is 1. The first kappa shape index (κ1) is 17.8.